The normalized spacial score (nSPS) is 15.8. The Hall–Kier alpha value is -4.51. The molecule has 0 bridgehead atoms. The molecule has 1 heterocycles. The number of ether oxygens (including phenoxy) is 4. The van der Waals surface area contributed by atoms with Crippen molar-refractivity contribution in [2.24, 2.45) is 4.99 Å². The van der Waals surface area contributed by atoms with Gasteiger partial charge in [0.2, 0.25) is 11.8 Å². The van der Waals surface area contributed by atoms with E-state index >= 15 is 0 Å². The maximum Gasteiger partial charge on any atom is 0.338 e. The number of methoxy groups -OCH3 is 3. The number of hydrogen-bond donors (Lipinski definition) is 1. The molecule has 41 heavy (non-hydrogen) atoms. The Bertz CT molecular complexity index is 1440. The van der Waals surface area contributed by atoms with E-state index in [1.54, 1.807) is 93.8 Å². The molecule has 2 amide bonds. The van der Waals surface area contributed by atoms with Crippen molar-refractivity contribution < 1.29 is 33.3 Å². The number of carbonyl (C=O) groups excluding carboxylic acids is 3. The van der Waals surface area contributed by atoms with Gasteiger partial charge in [-0.15, -0.1) is 0 Å². The zero-order valence-corrected chi connectivity index (χ0v) is 24.0. The summed E-state index contributed by atoms with van der Waals surface area (Å²) in [4.78, 5) is 45.0. The topological polar surface area (TPSA) is 116 Å². The molecule has 10 nitrogen and oxygen atoms in total. The number of nitrogens with zero attached hydrogens (tertiary/aromatic N) is 2. The lowest BCUT2D eigenvalue weighted by atomic mass is 10.1. The summed E-state index contributed by atoms with van der Waals surface area (Å²) in [7, 11) is 4.64. The monoisotopic (exact) mass is 577 g/mol. The number of amides is 2. The molecule has 1 atom stereocenters. The number of amidine groups is 1. The standard InChI is InChI=1S/C30H31N3O7S/c1-5-40-29(36)20-10-12-21(13-11-20)32-30-33(18-19-9-14-24(38-3)25(15-19)39-4)27(34)17-26(41-30)28(35)31-22-7-6-8-23(16-22)37-2/h6-16,26H,5,17-18H2,1-4H3,(H,31,35). The zero-order valence-electron chi connectivity index (χ0n) is 23.2. The fraction of sp³-hybridized carbons (Fsp3) is 0.267. The SMILES string of the molecule is CCOC(=O)c1ccc(N=C2SC(C(=O)Nc3cccc(OC)c3)CC(=O)N2Cc2ccc(OC)c(OC)c2)cc1. The maximum atomic E-state index is 13.5. The smallest absolute Gasteiger partial charge is 0.338 e. The van der Waals surface area contributed by atoms with Crippen molar-refractivity contribution in [2.75, 3.05) is 33.3 Å². The molecule has 1 N–H and O–H groups in total. The molecule has 1 fully saturated rings. The molecule has 0 aliphatic carbocycles. The minimum Gasteiger partial charge on any atom is -0.497 e. The molecule has 4 rings (SSSR count). The summed E-state index contributed by atoms with van der Waals surface area (Å²) in [5, 5.41) is 2.51. The summed E-state index contributed by atoms with van der Waals surface area (Å²) in [5.74, 6) is 0.688. The van der Waals surface area contributed by atoms with Crippen LogP contribution in [0.5, 0.6) is 17.2 Å². The van der Waals surface area contributed by atoms with Gasteiger partial charge in [-0.25, -0.2) is 9.79 Å². The van der Waals surface area contributed by atoms with E-state index in [0.29, 0.717) is 39.4 Å². The summed E-state index contributed by atoms with van der Waals surface area (Å²) in [6.45, 7) is 2.21. The van der Waals surface area contributed by atoms with Gasteiger partial charge in [0.05, 0.1) is 45.7 Å². The second-order valence-corrected chi connectivity index (χ2v) is 10.0. The van der Waals surface area contributed by atoms with Gasteiger partial charge in [0, 0.05) is 18.2 Å². The number of hydrogen-bond acceptors (Lipinski definition) is 9. The van der Waals surface area contributed by atoms with Crippen LogP contribution in [-0.4, -0.2) is 61.0 Å². The van der Waals surface area contributed by atoms with E-state index in [1.165, 1.54) is 11.8 Å². The first-order valence-electron chi connectivity index (χ1n) is 12.8. The Balaban J connectivity index is 1.62. The molecular formula is C30H31N3O7S. The lowest BCUT2D eigenvalue weighted by Gasteiger charge is -2.32. The number of rotatable bonds is 10. The van der Waals surface area contributed by atoms with Gasteiger partial charge in [-0.2, -0.15) is 0 Å². The lowest BCUT2D eigenvalue weighted by Crippen LogP contribution is -2.44. The van der Waals surface area contributed by atoms with Crippen molar-refractivity contribution in [2.45, 2.75) is 25.1 Å². The Morgan fingerprint density at radius 3 is 2.41 bits per heavy atom. The molecule has 0 aromatic heterocycles. The molecule has 3 aromatic rings. The van der Waals surface area contributed by atoms with Crippen molar-refractivity contribution in [3.05, 3.63) is 77.9 Å². The number of nitrogens with one attached hydrogen (secondary N) is 1. The average molecular weight is 578 g/mol. The van der Waals surface area contributed by atoms with Crippen molar-refractivity contribution >= 4 is 46.1 Å². The second kappa shape index (κ2) is 13.7. The third-order valence-electron chi connectivity index (χ3n) is 6.16. The Morgan fingerprint density at radius 1 is 0.976 bits per heavy atom. The largest absolute Gasteiger partial charge is 0.497 e. The highest BCUT2D eigenvalue weighted by Gasteiger charge is 2.36. The van der Waals surface area contributed by atoms with Crippen LogP contribution >= 0.6 is 11.8 Å². The van der Waals surface area contributed by atoms with E-state index in [-0.39, 0.29) is 31.4 Å². The molecule has 1 aliphatic heterocycles. The van der Waals surface area contributed by atoms with Gasteiger partial charge >= 0.3 is 5.97 Å². The van der Waals surface area contributed by atoms with Crippen LogP contribution in [0.15, 0.2) is 71.7 Å². The fourth-order valence-electron chi connectivity index (χ4n) is 4.08. The summed E-state index contributed by atoms with van der Waals surface area (Å²) in [6, 6.07) is 19.0. The van der Waals surface area contributed by atoms with E-state index < -0.39 is 11.2 Å². The number of thioether (sulfide) groups is 1. The maximum absolute atomic E-state index is 13.5. The van der Waals surface area contributed by atoms with E-state index in [1.807, 2.05) is 6.07 Å². The molecule has 11 heteroatoms. The molecule has 0 saturated carbocycles. The molecule has 0 spiro atoms. The molecule has 3 aromatic carbocycles. The fourth-order valence-corrected chi connectivity index (χ4v) is 5.18. The molecular weight excluding hydrogens is 546 g/mol. The van der Waals surface area contributed by atoms with Crippen molar-refractivity contribution in [1.82, 2.24) is 4.90 Å². The van der Waals surface area contributed by atoms with Gasteiger partial charge in [-0.3, -0.25) is 14.5 Å². The first-order chi connectivity index (χ1) is 19.8. The molecule has 214 valence electrons. The van der Waals surface area contributed by atoms with Crippen LogP contribution < -0.4 is 19.5 Å². The number of benzene rings is 3. The van der Waals surface area contributed by atoms with Gasteiger partial charge in [0.15, 0.2) is 16.7 Å². The van der Waals surface area contributed by atoms with E-state index in [2.05, 4.69) is 5.32 Å². The minimum atomic E-state index is -0.715. The van der Waals surface area contributed by atoms with Crippen molar-refractivity contribution in [3.8, 4) is 17.2 Å². The van der Waals surface area contributed by atoms with Crippen LogP contribution in [0.2, 0.25) is 0 Å². The van der Waals surface area contributed by atoms with Crippen LogP contribution in [-0.2, 0) is 20.9 Å². The van der Waals surface area contributed by atoms with Crippen LogP contribution in [0.4, 0.5) is 11.4 Å². The highest BCUT2D eigenvalue weighted by Crippen LogP contribution is 2.33. The summed E-state index contributed by atoms with van der Waals surface area (Å²) in [6.07, 6.45) is -0.0193. The minimum absolute atomic E-state index is 0.0193. The van der Waals surface area contributed by atoms with Gasteiger partial charge in [-0.1, -0.05) is 23.9 Å². The quantitative estimate of drug-likeness (QED) is 0.333. The first kappa shape index (κ1) is 29.5. The number of aliphatic imine (C=N–C) groups is 1. The van der Waals surface area contributed by atoms with E-state index in [4.69, 9.17) is 23.9 Å². The van der Waals surface area contributed by atoms with Crippen LogP contribution in [0.1, 0.15) is 29.3 Å². The van der Waals surface area contributed by atoms with Crippen molar-refractivity contribution in [1.29, 1.82) is 0 Å². The number of carbonyl (C=O) groups is 3. The Morgan fingerprint density at radius 2 is 1.73 bits per heavy atom. The summed E-state index contributed by atoms with van der Waals surface area (Å²) < 4.78 is 21.0. The predicted molar refractivity (Wildman–Crippen MR) is 157 cm³/mol. The van der Waals surface area contributed by atoms with E-state index in [0.717, 1.165) is 5.56 Å². The van der Waals surface area contributed by atoms with Crippen molar-refractivity contribution in [3.63, 3.8) is 0 Å². The van der Waals surface area contributed by atoms with Crippen LogP contribution in [0.3, 0.4) is 0 Å². The predicted octanol–water partition coefficient (Wildman–Crippen LogP) is 5.05. The Kier molecular flexibility index (Phi) is 9.86. The highest BCUT2D eigenvalue weighted by atomic mass is 32.2. The number of anilines is 1. The van der Waals surface area contributed by atoms with E-state index in [9.17, 15) is 14.4 Å². The molecule has 1 saturated heterocycles. The lowest BCUT2D eigenvalue weighted by molar-refractivity contribution is -0.129. The Labute approximate surface area is 242 Å². The van der Waals surface area contributed by atoms with Crippen LogP contribution in [0, 0.1) is 0 Å². The molecule has 1 unspecified atom stereocenters. The third kappa shape index (κ3) is 7.37. The van der Waals surface area contributed by atoms with Crippen LogP contribution in [0.25, 0.3) is 0 Å². The molecule has 0 radical (unpaired) electrons. The second-order valence-electron chi connectivity index (χ2n) is 8.86. The number of esters is 1. The molecule has 1 aliphatic rings. The zero-order chi connectivity index (χ0) is 29.4. The third-order valence-corrected chi connectivity index (χ3v) is 7.35. The van der Waals surface area contributed by atoms with Gasteiger partial charge in [0.1, 0.15) is 11.0 Å². The highest BCUT2D eigenvalue weighted by molar-refractivity contribution is 8.15. The van der Waals surface area contributed by atoms with Gasteiger partial charge in [-0.05, 0) is 61.0 Å². The summed E-state index contributed by atoms with van der Waals surface area (Å²) >= 11 is 1.20. The van der Waals surface area contributed by atoms with Gasteiger partial charge < -0.3 is 24.3 Å². The summed E-state index contributed by atoms with van der Waals surface area (Å²) in [5.41, 5.74) is 2.25. The van der Waals surface area contributed by atoms with Gasteiger partial charge in [0.25, 0.3) is 0 Å². The first-order valence-corrected chi connectivity index (χ1v) is 13.7. The average Bonchev–Trinajstić information content (AvgIpc) is 2.99.